The molecule has 3 aromatic rings. The summed E-state index contributed by atoms with van der Waals surface area (Å²) in [5, 5.41) is 0. The number of pyridine rings is 1. The molecule has 1 saturated heterocycles. The molecule has 1 aromatic carbocycles. The fourth-order valence-corrected chi connectivity index (χ4v) is 5.45. The number of fused-ring (bicyclic) bond motifs is 4. The van der Waals surface area contributed by atoms with E-state index in [-0.39, 0.29) is 5.56 Å². The van der Waals surface area contributed by atoms with Gasteiger partial charge >= 0.3 is 0 Å². The van der Waals surface area contributed by atoms with Gasteiger partial charge in [0.15, 0.2) is 0 Å². The first-order valence-electron chi connectivity index (χ1n) is 11.3. The number of furan rings is 1. The van der Waals surface area contributed by atoms with Gasteiger partial charge in [-0.2, -0.15) is 0 Å². The molecule has 2 aromatic heterocycles. The Morgan fingerprint density at radius 3 is 2.77 bits per heavy atom. The van der Waals surface area contributed by atoms with Crippen LogP contribution in [0.1, 0.15) is 40.3 Å². The number of rotatable bonds is 6. The summed E-state index contributed by atoms with van der Waals surface area (Å²) in [6.07, 6.45) is 4.65. The summed E-state index contributed by atoms with van der Waals surface area (Å²) in [6, 6.07) is 15.0. The highest BCUT2D eigenvalue weighted by molar-refractivity contribution is 5.24. The second-order valence-corrected chi connectivity index (χ2v) is 9.48. The number of likely N-dealkylation sites (tertiary alicyclic amines) is 1. The average molecular weight is 418 g/mol. The number of piperidine rings is 1. The predicted octanol–water partition coefficient (Wildman–Crippen LogP) is 4.00. The summed E-state index contributed by atoms with van der Waals surface area (Å²) in [5.41, 5.74) is 6.12. The minimum absolute atomic E-state index is 0.193. The summed E-state index contributed by atoms with van der Waals surface area (Å²) in [4.78, 5) is 18.0. The van der Waals surface area contributed by atoms with Crippen LogP contribution in [0.15, 0.2) is 64.2 Å². The molecule has 0 unspecified atom stereocenters. The zero-order valence-electron chi connectivity index (χ0n) is 18.5. The monoisotopic (exact) mass is 417 g/mol. The lowest BCUT2D eigenvalue weighted by molar-refractivity contribution is 0.114. The van der Waals surface area contributed by atoms with Crippen molar-refractivity contribution in [2.75, 3.05) is 20.1 Å². The van der Waals surface area contributed by atoms with E-state index in [1.165, 1.54) is 23.2 Å². The number of nitrogens with zero attached hydrogens (tertiary/aromatic N) is 3. The van der Waals surface area contributed by atoms with Crippen LogP contribution in [0.25, 0.3) is 0 Å². The van der Waals surface area contributed by atoms with Crippen LogP contribution in [0.5, 0.6) is 0 Å². The maximum Gasteiger partial charge on any atom is 0.255 e. The van der Waals surface area contributed by atoms with Gasteiger partial charge in [-0.25, -0.2) is 0 Å². The average Bonchev–Trinajstić information content (AvgIpc) is 3.23. The first kappa shape index (κ1) is 20.3. The molecule has 5 rings (SSSR count). The molecule has 2 aliphatic heterocycles. The van der Waals surface area contributed by atoms with Crippen LogP contribution < -0.4 is 5.56 Å². The molecule has 5 heteroatoms. The van der Waals surface area contributed by atoms with Crippen molar-refractivity contribution in [2.45, 2.75) is 45.4 Å². The number of hydrogen-bond donors (Lipinski definition) is 0. The van der Waals surface area contributed by atoms with Crippen LogP contribution in [0.3, 0.4) is 0 Å². The molecule has 5 nitrogen and oxygen atoms in total. The van der Waals surface area contributed by atoms with Crippen molar-refractivity contribution in [1.29, 1.82) is 0 Å². The molecule has 162 valence electrons. The zero-order chi connectivity index (χ0) is 21.4. The van der Waals surface area contributed by atoms with Crippen LogP contribution in [0.2, 0.25) is 0 Å². The minimum atomic E-state index is 0.193. The fraction of sp³-hybridized carbons (Fsp3) is 0.423. The van der Waals surface area contributed by atoms with Gasteiger partial charge in [-0.05, 0) is 44.0 Å². The SMILES string of the molecule is Cc1cccc(CN2C[C@@H]3C[C@H](C2)c2ccc(CN(C)Cc4ccoc4)c(=O)n2C3)c1. The van der Waals surface area contributed by atoms with E-state index < -0.39 is 0 Å². The Morgan fingerprint density at radius 2 is 1.97 bits per heavy atom. The Bertz CT molecular complexity index is 1100. The van der Waals surface area contributed by atoms with Crippen molar-refractivity contribution in [3.63, 3.8) is 0 Å². The topological polar surface area (TPSA) is 41.6 Å². The Kier molecular flexibility index (Phi) is 5.55. The Balaban J connectivity index is 1.31. The molecule has 2 bridgehead atoms. The predicted molar refractivity (Wildman–Crippen MR) is 122 cm³/mol. The molecule has 0 saturated carbocycles. The maximum absolute atomic E-state index is 13.3. The minimum Gasteiger partial charge on any atom is -0.472 e. The molecule has 0 spiro atoms. The van der Waals surface area contributed by atoms with Gasteiger partial charge in [0.25, 0.3) is 5.56 Å². The van der Waals surface area contributed by atoms with Crippen molar-refractivity contribution >= 4 is 0 Å². The molecule has 2 aliphatic rings. The normalized spacial score (nSPS) is 20.7. The summed E-state index contributed by atoms with van der Waals surface area (Å²) in [7, 11) is 2.05. The van der Waals surface area contributed by atoms with Crippen molar-refractivity contribution in [2.24, 2.45) is 5.92 Å². The molecule has 31 heavy (non-hydrogen) atoms. The zero-order valence-corrected chi connectivity index (χ0v) is 18.5. The standard InChI is InChI=1S/C26H31N3O2/c1-19-4-3-5-20(10-19)13-28-14-22-11-24(17-28)25-7-6-23(26(30)29(25)15-22)16-27(2)12-21-8-9-31-18-21/h3-10,18,22,24H,11-17H2,1-2H3/t22-,24+/m0/s1. The second kappa shape index (κ2) is 8.48. The van der Waals surface area contributed by atoms with Crippen LogP contribution in [-0.4, -0.2) is 34.5 Å². The van der Waals surface area contributed by atoms with Crippen LogP contribution in [-0.2, 0) is 26.2 Å². The molecule has 0 N–H and O–H groups in total. The third kappa shape index (κ3) is 4.39. The molecule has 0 aliphatic carbocycles. The lowest BCUT2D eigenvalue weighted by Gasteiger charge is -2.43. The van der Waals surface area contributed by atoms with Gasteiger partial charge in [0, 0.05) is 62.0 Å². The highest BCUT2D eigenvalue weighted by Gasteiger charge is 2.34. The molecule has 0 radical (unpaired) electrons. The van der Waals surface area contributed by atoms with E-state index >= 15 is 0 Å². The molecule has 0 amide bonds. The van der Waals surface area contributed by atoms with E-state index in [2.05, 4.69) is 64.7 Å². The Morgan fingerprint density at radius 1 is 1.06 bits per heavy atom. The molecule has 2 atom stereocenters. The van der Waals surface area contributed by atoms with Gasteiger partial charge < -0.3 is 8.98 Å². The smallest absolute Gasteiger partial charge is 0.255 e. The third-order valence-corrected chi connectivity index (χ3v) is 6.72. The molecular weight excluding hydrogens is 386 g/mol. The Hall–Kier alpha value is -2.63. The van der Waals surface area contributed by atoms with E-state index in [0.717, 1.165) is 43.9 Å². The van der Waals surface area contributed by atoms with Crippen molar-refractivity contribution in [3.05, 3.63) is 93.3 Å². The van der Waals surface area contributed by atoms with Gasteiger partial charge in [-0.1, -0.05) is 35.9 Å². The first-order chi connectivity index (χ1) is 15.0. The summed E-state index contributed by atoms with van der Waals surface area (Å²) < 4.78 is 7.23. The van der Waals surface area contributed by atoms with E-state index in [0.29, 0.717) is 18.4 Å². The highest BCUT2D eigenvalue weighted by atomic mass is 16.3. The highest BCUT2D eigenvalue weighted by Crippen LogP contribution is 2.35. The van der Waals surface area contributed by atoms with Gasteiger partial charge in [0.2, 0.25) is 0 Å². The molecular formula is C26H31N3O2. The molecule has 1 fully saturated rings. The number of aryl methyl sites for hydroxylation is 1. The van der Waals surface area contributed by atoms with Crippen LogP contribution >= 0.6 is 0 Å². The molecule has 4 heterocycles. The summed E-state index contributed by atoms with van der Waals surface area (Å²) in [5.74, 6) is 0.996. The van der Waals surface area contributed by atoms with Gasteiger partial charge in [-0.3, -0.25) is 14.6 Å². The van der Waals surface area contributed by atoms with Crippen molar-refractivity contribution in [1.82, 2.24) is 14.4 Å². The van der Waals surface area contributed by atoms with Crippen LogP contribution in [0.4, 0.5) is 0 Å². The lowest BCUT2D eigenvalue weighted by Crippen LogP contribution is -2.47. The quantitative estimate of drug-likeness (QED) is 0.608. The van der Waals surface area contributed by atoms with Gasteiger partial charge in [0.05, 0.1) is 12.5 Å². The second-order valence-electron chi connectivity index (χ2n) is 9.48. The Labute approximate surface area is 183 Å². The fourth-order valence-electron chi connectivity index (χ4n) is 5.45. The number of hydrogen-bond acceptors (Lipinski definition) is 4. The van der Waals surface area contributed by atoms with Crippen molar-refractivity contribution in [3.8, 4) is 0 Å². The summed E-state index contributed by atoms with van der Waals surface area (Å²) in [6.45, 7) is 7.52. The van der Waals surface area contributed by atoms with Gasteiger partial charge in [-0.15, -0.1) is 0 Å². The van der Waals surface area contributed by atoms with E-state index in [9.17, 15) is 4.79 Å². The largest absolute Gasteiger partial charge is 0.472 e. The van der Waals surface area contributed by atoms with E-state index in [1.54, 1.807) is 12.5 Å². The first-order valence-corrected chi connectivity index (χ1v) is 11.3. The van der Waals surface area contributed by atoms with Crippen LogP contribution in [0, 0.1) is 12.8 Å². The van der Waals surface area contributed by atoms with Gasteiger partial charge in [0.1, 0.15) is 0 Å². The maximum atomic E-state index is 13.3. The lowest BCUT2D eigenvalue weighted by atomic mass is 9.82. The third-order valence-electron chi connectivity index (χ3n) is 6.72. The number of aromatic nitrogens is 1. The van der Waals surface area contributed by atoms with E-state index in [4.69, 9.17) is 4.42 Å². The number of benzene rings is 1. The summed E-state index contributed by atoms with van der Waals surface area (Å²) >= 11 is 0. The van der Waals surface area contributed by atoms with E-state index in [1.807, 2.05) is 6.07 Å². The van der Waals surface area contributed by atoms with Crippen molar-refractivity contribution < 1.29 is 4.42 Å².